The van der Waals surface area contributed by atoms with E-state index in [4.69, 9.17) is 16.3 Å². The smallest absolute Gasteiger partial charge is 0.159 e. The van der Waals surface area contributed by atoms with Crippen molar-refractivity contribution in [1.29, 1.82) is 0 Å². The lowest BCUT2D eigenvalue weighted by molar-refractivity contribution is -0.114. The van der Waals surface area contributed by atoms with Crippen molar-refractivity contribution in [2.75, 3.05) is 0 Å². The normalized spacial score (nSPS) is 22.9. The standard InChI is InChI=1S/C18H21ClO4/c1-12-7-5-3-2-4-6-8-13(20)9-14-15(11-23-12)16(21)10-17(22)18(14)19/h3,5-6,8,10,12,21-22H,2,4,7,9,11H2,1H3/b5-3+,8-6+/t12-/m1/s1. The molecule has 5 heteroatoms. The summed E-state index contributed by atoms with van der Waals surface area (Å²) >= 11 is 6.13. The molecule has 0 aliphatic carbocycles. The zero-order valence-electron chi connectivity index (χ0n) is 13.1. The number of rotatable bonds is 0. The topological polar surface area (TPSA) is 66.8 Å². The van der Waals surface area contributed by atoms with E-state index >= 15 is 0 Å². The fourth-order valence-corrected chi connectivity index (χ4v) is 2.64. The molecule has 1 heterocycles. The van der Waals surface area contributed by atoms with Gasteiger partial charge in [-0.25, -0.2) is 0 Å². The highest BCUT2D eigenvalue weighted by molar-refractivity contribution is 6.33. The Balaban J connectivity index is 2.37. The van der Waals surface area contributed by atoms with Gasteiger partial charge in [0.05, 0.1) is 17.7 Å². The van der Waals surface area contributed by atoms with Gasteiger partial charge in [-0.05, 0) is 37.8 Å². The Labute approximate surface area is 141 Å². The monoisotopic (exact) mass is 336 g/mol. The van der Waals surface area contributed by atoms with Gasteiger partial charge in [-0.15, -0.1) is 0 Å². The Kier molecular flexibility index (Phi) is 6.25. The first-order valence-electron chi connectivity index (χ1n) is 7.67. The molecule has 1 atom stereocenters. The first-order chi connectivity index (χ1) is 11.0. The molecule has 2 rings (SSSR count). The molecule has 0 unspecified atom stereocenters. The van der Waals surface area contributed by atoms with E-state index in [-0.39, 0.29) is 41.4 Å². The molecule has 0 spiro atoms. The molecule has 0 amide bonds. The van der Waals surface area contributed by atoms with Crippen molar-refractivity contribution in [3.63, 3.8) is 0 Å². The number of phenols is 2. The molecule has 124 valence electrons. The summed E-state index contributed by atoms with van der Waals surface area (Å²) in [6.07, 6.45) is 9.88. The van der Waals surface area contributed by atoms with Gasteiger partial charge >= 0.3 is 0 Å². The van der Waals surface area contributed by atoms with Crippen LogP contribution in [0, 0.1) is 0 Å². The molecule has 2 N–H and O–H groups in total. The summed E-state index contributed by atoms with van der Waals surface area (Å²) in [5.41, 5.74) is 0.862. The van der Waals surface area contributed by atoms with Crippen LogP contribution in [0.2, 0.25) is 5.02 Å². The average Bonchev–Trinajstić information content (AvgIpc) is 2.50. The van der Waals surface area contributed by atoms with E-state index in [0.717, 1.165) is 19.3 Å². The van der Waals surface area contributed by atoms with Crippen LogP contribution in [0.3, 0.4) is 0 Å². The number of ketones is 1. The number of carbonyl (C=O) groups is 1. The number of ether oxygens (including phenoxy) is 1. The number of benzene rings is 1. The van der Waals surface area contributed by atoms with Crippen molar-refractivity contribution in [2.24, 2.45) is 0 Å². The van der Waals surface area contributed by atoms with Crippen LogP contribution < -0.4 is 0 Å². The van der Waals surface area contributed by atoms with Gasteiger partial charge in [-0.1, -0.05) is 29.8 Å². The Morgan fingerprint density at radius 2 is 1.87 bits per heavy atom. The number of hydrogen-bond acceptors (Lipinski definition) is 4. The van der Waals surface area contributed by atoms with Crippen LogP contribution in [0.4, 0.5) is 0 Å². The molecular weight excluding hydrogens is 316 g/mol. The highest BCUT2D eigenvalue weighted by Crippen LogP contribution is 2.37. The van der Waals surface area contributed by atoms with E-state index in [9.17, 15) is 15.0 Å². The third kappa shape index (κ3) is 4.85. The molecule has 0 radical (unpaired) electrons. The maximum atomic E-state index is 12.1. The van der Waals surface area contributed by atoms with Gasteiger partial charge in [0.1, 0.15) is 11.5 Å². The highest BCUT2D eigenvalue weighted by atomic mass is 35.5. The SMILES string of the molecule is C[C@@H]1C/C=C/CC/C=C/C(=O)Cc2c(Cl)c(O)cc(O)c2CO1. The third-order valence-electron chi connectivity index (χ3n) is 3.74. The third-order valence-corrected chi connectivity index (χ3v) is 4.16. The zero-order chi connectivity index (χ0) is 16.8. The zero-order valence-corrected chi connectivity index (χ0v) is 13.8. The Morgan fingerprint density at radius 1 is 1.13 bits per heavy atom. The van der Waals surface area contributed by atoms with Crippen LogP contribution in [-0.4, -0.2) is 22.1 Å². The van der Waals surface area contributed by atoms with Gasteiger partial charge in [0.25, 0.3) is 0 Å². The summed E-state index contributed by atoms with van der Waals surface area (Å²) in [5, 5.41) is 20.0. The van der Waals surface area contributed by atoms with Gasteiger partial charge in [0.15, 0.2) is 5.78 Å². The lowest BCUT2D eigenvalue weighted by Gasteiger charge is -2.17. The maximum absolute atomic E-state index is 12.1. The van der Waals surface area contributed by atoms with Gasteiger partial charge in [-0.3, -0.25) is 4.79 Å². The predicted molar refractivity (Wildman–Crippen MR) is 89.9 cm³/mol. The highest BCUT2D eigenvalue weighted by Gasteiger charge is 2.19. The van der Waals surface area contributed by atoms with E-state index < -0.39 is 0 Å². The van der Waals surface area contributed by atoms with Crippen molar-refractivity contribution in [3.8, 4) is 11.5 Å². The van der Waals surface area contributed by atoms with Crippen LogP contribution in [0.1, 0.15) is 37.3 Å². The van der Waals surface area contributed by atoms with Crippen molar-refractivity contribution in [2.45, 2.75) is 45.3 Å². The van der Waals surface area contributed by atoms with Crippen LogP contribution in [0.25, 0.3) is 0 Å². The summed E-state index contributed by atoms with van der Waals surface area (Å²) in [6.45, 7) is 2.08. The molecule has 0 saturated carbocycles. The van der Waals surface area contributed by atoms with E-state index in [1.54, 1.807) is 0 Å². The quantitative estimate of drug-likeness (QED) is 0.701. The van der Waals surface area contributed by atoms with Crippen LogP contribution in [-0.2, 0) is 22.6 Å². The minimum Gasteiger partial charge on any atom is -0.507 e. The number of hydrogen-bond donors (Lipinski definition) is 2. The largest absolute Gasteiger partial charge is 0.507 e. The summed E-state index contributed by atoms with van der Waals surface area (Å²) in [7, 11) is 0. The minimum absolute atomic E-state index is 0.0141. The number of phenolic OH excluding ortho intramolecular Hbond substituents is 2. The van der Waals surface area contributed by atoms with E-state index in [0.29, 0.717) is 11.1 Å². The van der Waals surface area contributed by atoms with Gasteiger partial charge in [-0.2, -0.15) is 0 Å². The lowest BCUT2D eigenvalue weighted by Crippen LogP contribution is -2.10. The summed E-state index contributed by atoms with van der Waals surface area (Å²) < 4.78 is 5.74. The van der Waals surface area contributed by atoms with Crippen molar-refractivity contribution in [3.05, 3.63) is 46.5 Å². The lowest BCUT2D eigenvalue weighted by atomic mass is 10.00. The van der Waals surface area contributed by atoms with E-state index in [2.05, 4.69) is 12.2 Å². The second kappa shape index (κ2) is 8.18. The van der Waals surface area contributed by atoms with Crippen molar-refractivity contribution in [1.82, 2.24) is 0 Å². The fourth-order valence-electron chi connectivity index (χ4n) is 2.41. The molecule has 1 aromatic rings. The van der Waals surface area contributed by atoms with E-state index in [1.807, 2.05) is 13.0 Å². The molecule has 0 aromatic heterocycles. The molecule has 0 fully saturated rings. The molecule has 0 saturated heterocycles. The number of carbonyl (C=O) groups excluding carboxylic acids is 1. The Morgan fingerprint density at radius 3 is 2.65 bits per heavy atom. The molecule has 23 heavy (non-hydrogen) atoms. The Bertz CT molecular complexity index is 634. The minimum atomic E-state index is -0.239. The molecule has 0 bridgehead atoms. The summed E-state index contributed by atoms with van der Waals surface area (Å²) in [4.78, 5) is 12.1. The molecular formula is C18H21ClO4. The second-order valence-electron chi connectivity index (χ2n) is 5.64. The number of fused-ring (bicyclic) bond motifs is 1. The fraction of sp³-hybridized carbons (Fsp3) is 0.389. The number of halogens is 1. The van der Waals surface area contributed by atoms with Crippen LogP contribution in [0.15, 0.2) is 30.4 Å². The molecule has 1 aromatic carbocycles. The number of allylic oxidation sites excluding steroid dienone is 3. The summed E-state index contributed by atoms with van der Waals surface area (Å²) in [5.74, 6) is -0.488. The number of aromatic hydroxyl groups is 2. The van der Waals surface area contributed by atoms with Gasteiger partial charge in [0, 0.05) is 18.1 Å². The van der Waals surface area contributed by atoms with Gasteiger partial charge in [0.2, 0.25) is 0 Å². The average molecular weight is 337 g/mol. The first-order valence-corrected chi connectivity index (χ1v) is 8.05. The molecule has 1 aliphatic rings. The van der Waals surface area contributed by atoms with E-state index in [1.165, 1.54) is 12.1 Å². The van der Waals surface area contributed by atoms with Crippen LogP contribution >= 0.6 is 11.6 Å². The van der Waals surface area contributed by atoms with Crippen molar-refractivity contribution >= 4 is 17.4 Å². The molecule has 1 aliphatic heterocycles. The Hall–Kier alpha value is -1.78. The van der Waals surface area contributed by atoms with Crippen LogP contribution in [0.5, 0.6) is 11.5 Å². The van der Waals surface area contributed by atoms with Gasteiger partial charge < -0.3 is 14.9 Å². The van der Waals surface area contributed by atoms with Crippen molar-refractivity contribution < 1.29 is 19.7 Å². The molecule has 4 nitrogen and oxygen atoms in total. The predicted octanol–water partition coefficient (Wildman–Crippen LogP) is 4.06. The first kappa shape index (κ1) is 17.6. The maximum Gasteiger partial charge on any atom is 0.159 e. The second-order valence-corrected chi connectivity index (χ2v) is 6.02. The summed E-state index contributed by atoms with van der Waals surface area (Å²) in [6, 6.07) is 1.18.